The molecule has 0 aromatic carbocycles. The Kier molecular flexibility index (Phi) is 6.74. The smallest absolute Gasteiger partial charge is 0.411 e. The first-order chi connectivity index (χ1) is 15.4. The number of Topliss-reactive ketones (excluding diaryl/α,β-unsaturated/α-hetero) is 1. The molecule has 0 unspecified atom stereocenters. The van der Waals surface area contributed by atoms with E-state index >= 15 is 0 Å². The quantitative estimate of drug-likeness (QED) is 0.629. The van der Waals surface area contributed by atoms with Crippen molar-refractivity contribution >= 4 is 23.9 Å². The highest BCUT2D eigenvalue weighted by Crippen LogP contribution is 2.55. The van der Waals surface area contributed by atoms with Gasteiger partial charge in [-0.2, -0.15) is 0 Å². The van der Waals surface area contributed by atoms with E-state index in [1.807, 2.05) is 20.8 Å². The molecule has 34 heavy (non-hydrogen) atoms. The Hall–Kier alpha value is -2.32. The second-order valence-corrected chi connectivity index (χ2v) is 12.6. The number of hydrogen-bond donors (Lipinski definition) is 1. The summed E-state index contributed by atoms with van der Waals surface area (Å²) < 4.78 is 10.6. The van der Waals surface area contributed by atoms with E-state index in [4.69, 9.17) is 14.6 Å². The molecule has 2 atom stereocenters. The summed E-state index contributed by atoms with van der Waals surface area (Å²) in [6.07, 6.45) is 4.86. The second-order valence-electron chi connectivity index (χ2n) is 12.6. The Bertz CT molecular complexity index is 776. The summed E-state index contributed by atoms with van der Waals surface area (Å²) in [4.78, 5) is 49.7. The van der Waals surface area contributed by atoms with Gasteiger partial charge in [0, 0.05) is 13.1 Å². The molecule has 2 heterocycles. The van der Waals surface area contributed by atoms with Crippen molar-refractivity contribution in [1.29, 1.82) is 0 Å². The summed E-state index contributed by atoms with van der Waals surface area (Å²) in [7, 11) is 0. The number of likely N-dealkylation sites (tertiary alicyclic amines) is 2. The van der Waals surface area contributed by atoms with Crippen molar-refractivity contribution in [3.8, 4) is 0 Å². The van der Waals surface area contributed by atoms with Crippen LogP contribution < -0.4 is 0 Å². The largest absolute Gasteiger partial charge is 0.480 e. The first-order valence-electron chi connectivity index (χ1n) is 12.2. The fourth-order valence-electron chi connectivity index (χ4n) is 4.80. The number of nitrogens with zero attached hydrogens (tertiary/aromatic N) is 2. The van der Waals surface area contributed by atoms with Crippen LogP contribution in [-0.2, 0) is 19.1 Å². The molecule has 0 bridgehead atoms. The Morgan fingerprint density at radius 2 is 1.09 bits per heavy atom. The van der Waals surface area contributed by atoms with Gasteiger partial charge in [-0.1, -0.05) is 0 Å². The van der Waals surface area contributed by atoms with Crippen LogP contribution in [0.15, 0.2) is 0 Å². The van der Waals surface area contributed by atoms with E-state index in [9.17, 15) is 19.2 Å². The van der Waals surface area contributed by atoms with Crippen molar-refractivity contribution in [3.63, 3.8) is 0 Å². The third-order valence-corrected chi connectivity index (χ3v) is 6.94. The lowest BCUT2D eigenvalue weighted by atomic mass is 10.0. The summed E-state index contributed by atoms with van der Waals surface area (Å²) in [5.74, 6) is -0.862. The third-order valence-electron chi connectivity index (χ3n) is 6.94. The highest BCUT2D eigenvalue weighted by atomic mass is 16.6. The lowest BCUT2D eigenvalue weighted by Gasteiger charge is -2.27. The van der Waals surface area contributed by atoms with Gasteiger partial charge in [-0.15, -0.1) is 0 Å². The fraction of sp³-hybridized carbons (Fsp3) is 0.840. The van der Waals surface area contributed by atoms with Crippen LogP contribution in [0.3, 0.4) is 0 Å². The van der Waals surface area contributed by atoms with Gasteiger partial charge in [-0.3, -0.25) is 14.6 Å². The van der Waals surface area contributed by atoms with E-state index in [1.165, 1.54) is 4.90 Å². The molecule has 4 aliphatic rings. The molecule has 4 fully saturated rings. The van der Waals surface area contributed by atoms with E-state index in [-0.39, 0.29) is 28.7 Å². The maximum atomic E-state index is 12.0. The zero-order valence-electron chi connectivity index (χ0n) is 21.6. The van der Waals surface area contributed by atoms with Gasteiger partial charge in [0.05, 0.1) is 6.04 Å². The van der Waals surface area contributed by atoms with Crippen molar-refractivity contribution < 1.29 is 33.8 Å². The van der Waals surface area contributed by atoms with Gasteiger partial charge in [-0.05, 0) is 97.8 Å². The normalized spacial score (nSPS) is 26.1. The number of carbonyl (C=O) groups is 4. The van der Waals surface area contributed by atoms with Gasteiger partial charge in [-0.25, -0.2) is 14.4 Å². The first kappa shape index (κ1) is 26.3. The highest BCUT2D eigenvalue weighted by Gasteiger charge is 2.56. The van der Waals surface area contributed by atoms with Gasteiger partial charge < -0.3 is 14.6 Å². The van der Waals surface area contributed by atoms with E-state index < -0.39 is 29.3 Å². The minimum Gasteiger partial charge on any atom is -0.480 e. The van der Waals surface area contributed by atoms with Crippen LogP contribution in [0.2, 0.25) is 0 Å². The van der Waals surface area contributed by atoms with Crippen LogP contribution in [0.25, 0.3) is 0 Å². The molecule has 0 aromatic rings. The molecule has 2 amide bonds. The van der Waals surface area contributed by atoms with Crippen molar-refractivity contribution in [2.24, 2.45) is 10.8 Å². The fourth-order valence-corrected chi connectivity index (χ4v) is 4.80. The lowest BCUT2D eigenvalue weighted by molar-refractivity contribution is -0.142. The molecule has 9 nitrogen and oxygen atoms in total. The number of carbonyl (C=O) groups excluding carboxylic acids is 3. The number of aliphatic carboxylic acids is 1. The number of ether oxygens (including phenoxy) is 2. The Morgan fingerprint density at radius 3 is 1.38 bits per heavy atom. The van der Waals surface area contributed by atoms with Gasteiger partial charge in [0.2, 0.25) is 0 Å². The Labute approximate surface area is 202 Å². The minimum atomic E-state index is -0.931. The van der Waals surface area contributed by atoms with Gasteiger partial charge in [0.25, 0.3) is 0 Å². The average Bonchev–Trinajstić information content (AvgIpc) is 3.48. The van der Waals surface area contributed by atoms with Crippen molar-refractivity contribution in [2.75, 3.05) is 13.1 Å². The number of hydrogen-bond acceptors (Lipinski definition) is 6. The number of rotatable bonds is 2. The topological polar surface area (TPSA) is 113 Å². The third kappa shape index (κ3) is 6.42. The molecule has 1 N–H and O–H groups in total. The first-order valence-corrected chi connectivity index (χ1v) is 12.2. The van der Waals surface area contributed by atoms with Crippen LogP contribution in [0.5, 0.6) is 0 Å². The maximum absolute atomic E-state index is 12.0. The zero-order valence-corrected chi connectivity index (χ0v) is 21.6. The number of carboxylic acid groups (broad SMARTS) is 1. The van der Waals surface area contributed by atoms with E-state index in [0.29, 0.717) is 19.5 Å². The van der Waals surface area contributed by atoms with Crippen molar-refractivity contribution in [3.05, 3.63) is 0 Å². The zero-order chi connectivity index (χ0) is 25.7. The molecule has 2 saturated heterocycles. The van der Waals surface area contributed by atoms with Crippen LogP contribution in [0.1, 0.15) is 87.0 Å². The molecule has 2 saturated carbocycles. The van der Waals surface area contributed by atoms with Crippen molar-refractivity contribution in [2.45, 2.75) is 110 Å². The highest BCUT2D eigenvalue weighted by molar-refractivity contribution is 5.86. The summed E-state index contributed by atoms with van der Waals surface area (Å²) in [5.41, 5.74) is -0.787. The molecule has 0 aromatic heterocycles. The van der Waals surface area contributed by atoms with Gasteiger partial charge in [0.1, 0.15) is 17.2 Å². The number of ketones is 1. The van der Waals surface area contributed by atoms with Crippen LogP contribution in [-0.4, -0.2) is 75.2 Å². The summed E-state index contributed by atoms with van der Waals surface area (Å²) in [6, 6.07) is -0.986. The van der Waals surface area contributed by atoms with Crippen LogP contribution in [0, 0.1) is 10.8 Å². The Balaban J connectivity index is 0.000000191. The predicted octanol–water partition coefficient (Wildman–Crippen LogP) is 4.23. The van der Waals surface area contributed by atoms with Gasteiger partial charge in [0.15, 0.2) is 5.78 Å². The minimum absolute atomic E-state index is 0.0691. The maximum Gasteiger partial charge on any atom is 0.411 e. The average molecular weight is 481 g/mol. The molecular formula is C25H40N2O7. The standard InChI is InChI=1S/C13H21NO3.C12H19NO4/c1-9(15)10-7-13(5-6-13)8-14(10)11(16)17-12(2,3)4;1-11(2,3)17-10(16)13-7-12(4-5-12)6-8(13)9(14)15/h10H,5-8H2,1-4H3;8H,4-7H2,1-3H3,(H,14,15)/t10-;8-/m00/s1. The predicted molar refractivity (Wildman–Crippen MR) is 124 cm³/mol. The van der Waals surface area contributed by atoms with Crippen LogP contribution >= 0.6 is 0 Å². The molecule has 9 heteroatoms. The lowest BCUT2D eigenvalue weighted by Crippen LogP contribution is -2.43. The van der Waals surface area contributed by atoms with E-state index in [0.717, 1.165) is 32.1 Å². The van der Waals surface area contributed by atoms with E-state index in [2.05, 4.69) is 0 Å². The molecule has 4 rings (SSSR count). The number of carboxylic acids is 1. The second kappa shape index (κ2) is 8.72. The molecule has 2 aliphatic carbocycles. The summed E-state index contributed by atoms with van der Waals surface area (Å²) >= 11 is 0. The SMILES string of the molecule is CC(=O)[C@@H]1CC2(CC2)CN1C(=O)OC(C)(C)C.CC(C)(C)OC(=O)N1CC2(CC2)C[C@H]1C(=O)O. The molecule has 2 aliphatic heterocycles. The molecule has 192 valence electrons. The van der Waals surface area contributed by atoms with Crippen molar-refractivity contribution in [1.82, 2.24) is 9.80 Å². The number of amides is 2. The molecular weight excluding hydrogens is 440 g/mol. The summed E-state index contributed by atoms with van der Waals surface area (Å²) in [5, 5.41) is 9.14. The molecule has 0 radical (unpaired) electrons. The van der Waals surface area contributed by atoms with Gasteiger partial charge >= 0.3 is 18.2 Å². The Morgan fingerprint density at radius 1 is 0.735 bits per heavy atom. The van der Waals surface area contributed by atoms with Crippen LogP contribution in [0.4, 0.5) is 9.59 Å². The monoisotopic (exact) mass is 480 g/mol. The van der Waals surface area contributed by atoms with E-state index in [1.54, 1.807) is 32.6 Å². The summed E-state index contributed by atoms with van der Waals surface area (Å²) in [6.45, 7) is 13.6. The molecule has 2 spiro atoms.